The molecule has 1 aliphatic carbocycles. The molecular formula is C44H28N2OS. The van der Waals surface area contributed by atoms with Crippen LogP contribution in [0.3, 0.4) is 0 Å². The molecule has 0 aliphatic heterocycles. The standard InChI is InChI=1S/C44H28N2OS/c1-2-11-27(12-3-1)37-25-31-13-4-5-18-33(31)40-41-44(47-42(37)40)45-26-38(46-41)32-17-9-15-29(24-32)28-14-8-16-30(23-28)34-20-10-21-36-35-19-6-7-22-39(35)48-43(34)36/h1-5,7-18,20-26H,6,19H2. The van der Waals surface area contributed by atoms with Crippen LogP contribution in [-0.2, 0) is 6.42 Å². The van der Waals surface area contributed by atoms with Crippen LogP contribution in [0.1, 0.15) is 16.9 Å². The Hall–Kier alpha value is -5.84. The van der Waals surface area contributed by atoms with Gasteiger partial charge in [0.15, 0.2) is 0 Å². The van der Waals surface area contributed by atoms with Crippen molar-refractivity contribution >= 4 is 60.5 Å². The average molecular weight is 633 g/mol. The number of thiophene rings is 1. The molecule has 9 aromatic rings. The van der Waals surface area contributed by atoms with Crippen molar-refractivity contribution in [1.82, 2.24) is 9.97 Å². The van der Waals surface area contributed by atoms with E-state index >= 15 is 0 Å². The number of allylic oxidation sites excluding steroid dienone is 1. The fourth-order valence-corrected chi connectivity index (χ4v) is 8.62. The molecule has 0 radical (unpaired) electrons. The molecule has 0 spiro atoms. The van der Waals surface area contributed by atoms with Gasteiger partial charge in [-0.2, -0.15) is 0 Å². The highest BCUT2D eigenvalue weighted by molar-refractivity contribution is 7.20. The van der Waals surface area contributed by atoms with E-state index in [4.69, 9.17) is 14.4 Å². The summed E-state index contributed by atoms with van der Waals surface area (Å²) in [7, 11) is 0. The molecule has 0 atom stereocenters. The van der Waals surface area contributed by atoms with Crippen molar-refractivity contribution in [2.24, 2.45) is 0 Å². The summed E-state index contributed by atoms with van der Waals surface area (Å²) in [4.78, 5) is 11.4. The lowest BCUT2D eigenvalue weighted by Gasteiger charge is -2.09. The van der Waals surface area contributed by atoms with Crippen LogP contribution in [0.5, 0.6) is 0 Å². The summed E-state index contributed by atoms with van der Waals surface area (Å²) in [6, 6.07) is 45.3. The van der Waals surface area contributed by atoms with E-state index in [9.17, 15) is 0 Å². The second-order valence-corrected chi connectivity index (χ2v) is 13.5. The Morgan fingerprint density at radius 3 is 2.25 bits per heavy atom. The first-order valence-corrected chi connectivity index (χ1v) is 17.2. The molecule has 48 heavy (non-hydrogen) atoms. The minimum atomic E-state index is 0.547. The molecule has 0 bridgehead atoms. The first-order valence-electron chi connectivity index (χ1n) is 16.4. The summed E-state index contributed by atoms with van der Waals surface area (Å²) in [5.41, 5.74) is 12.5. The quantitative estimate of drug-likeness (QED) is 0.194. The molecule has 0 saturated carbocycles. The highest BCUT2D eigenvalue weighted by Gasteiger charge is 2.20. The van der Waals surface area contributed by atoms with Crippen molar-refractivity contribution < 1.29 is 4.42 Å². The molecule has 0 amide bonds. The molecule has 3 heterocycles. The number of aryl methyl sites for hydroxylation is 1. The average Bonchev–Trinajstić information content (AvgIpc) is 3.74. The topological polar surface area (TPSA) is 38.9 Å². The van der Waals surface area contributed by atoms with Gasteiger partial charge >= 0.3 is 0 Å². The van der Waals surface area contributed by atoms with Gasteiger partial charge in [0, 0.05) is 20.7 Å². The predicted octanol–water partition coefficient (Wildman–Crippen LogP) is 12.4. The van der Waals surface area contributed by atoms with Crippen molar-refractivity contribution in [3.63, 3.8) is 0 Å². The third-order valence-corrected chi connectivity index (χ3v) is 10.9. The van der Waals surface area contributed by atoms with Gasteiger partial charge < -0.3 is 4.42 Å². The minimum absolute atomic E-state index is 0.547. The van der Waals surface area contributed by atoms with Crippen LogP contribution in [0.2, 0.25) is 0 Å². The lowest BCUT2D eigenvalue weighted by molar-refractivity contribution is 0.654. The Kier molecular flexibility index (Phi) is 6.18. The first-order chi connectivity index (χ1) is 23.8. The largest absolute Gasteiger partial charge is 0.436 e. The van der Waals surface area contributed by atoms with Gasteiger partial charge in [-0.05, 0) is 86.7 Å². The molecule has 0 N–H and O–H groups in total. The zero-order valence-corrected chi connectivity index (χ0v) is 26.8. The second-order valence-electron chi connectivity index (χ2n) is 12.5. The molecule has 0 unspecified atom stereocenters. The summed E-state index contributed by atoms with van der Waals surface area (Å²) in [5, 5.41) is 4.66. The minimum Gasteiger partial charge on any atom is -0.436 e. The normalized spacial score (nSPS) is 12.8. The highest BCUT2D eigenvalue weighted by atomic mass is 32.1. The molecule has 10 rings (SSSR count). The van der Waals surface area contributed by atoms with Crippen molar-refractivity contribution in [3.05, 3.63) is 150 Å². The molecule has 6 aromatic carbocycles. The van der Waals surface area contributed by atoms with Crippen LogP contribution in [0.25, 0.3) is 93.8 Å². The second kappa shape index (κ2) is 10.9. The van der Waals surface area contributed by atoms with E-state index in [-0.39, 0.29) is 0 Å². The maximum absolute atomic E-state index is 6.47. The molecule has 4 heteroatoms. The summed E-state index contributed by atoms with van der Waals surface area (Å²) in [6.45, 7) is 0. The molecule has 0 fully saturated rings. The van der Waals surface area contributed by atoms with E-state index in [1.165, 1.54) is 37.2 Å². The maximum Gasteiger partial charge on any atom is 0.246 e. The van der Waals surface area contributed by atoms with Gasteiger partial charge in [-0.3, -0.25) is 0 Å². The molecule has 3 nitrogen and oxygen atoms in total. The van der Waals surface area contributed by atoms with Crippen LogP contribution in [-0.4, -0.2) is 9.97 Å². The summed E-state index contributed by atoms with van der Waals surface area (Å²) >= 11 is 1.92. The van der Waals surface area contributed by atoms with E-state index in [0.717, 1.165) is 68.0 Å². The van der Waals surface area contributed by atoms with Crippen LogP contribution in [0, 0.1) is 0 Å². The number of rotatable bonds is 4. The molecule has 226 valence electrons. The van der Waals surface area contributed by atoms with E-state index in [2.05, 4.69) is 133 Å². The van der Waals surface area contributed by atoms with Gasteiger partial charge in [-0.1, -0.05) is 115 Å². The van der Waals surface area contributed by atoms with Gasteiger partial charge in [0.2, 0.25) is 5.71 Å². The van der Waals surface area contributed by atoms with Gasteiger partial charge in [-0.25, -0.2) is 9.97 Å². The molecule has 3 aromatic heterocycles. The third-order valence-electron chi connectivity index (χ3n) is 9.61. The van der Waals surface area contributed by atoms with Gasteiger partial charge in [-0.15, -0.1) is 11.3 Å². The van der Waals surface area contributed by atoms with Crippen molar-refractivity contribution in [3.8, 4) is 44.6 Å². The molecular weight excluding hydrogens is 605 g/mol. The van der Waals surface area contributed by atoms with E-state index < -0.39 is 0 Å². The van der Waals surface area contributed by atoms with Gasteiger partial charge in [0.05, 0.1) is 17.3 Å². The number of hydrogen-bond donors (Lipinski definition) is 0. The number of benzene rings is 6. The van der Waals surface area contributed by atoms with Gasteiger partial charge in [0.25, 0.3) is 0 Å². The first kappa shape index (κ1) is 27.3. The maximum atomic E-state index is 6.47. The fraction of sp³-hybridized carbons (Fsp3) is 0.0455. The Bertz CT molecular complexity index is 2730. The zero-order chi connectivity index (χ0) is 31.6. The summed E-state index contributed by atoms with van der Waals surface area (Å²) in [5.74, 6) is 0. The van der Waals surface area contributed by atoms with E-state index in [0.29, 0.717) is 5.71 Å². The van der Waals surface area contributed by atoms with E-state index in [1.54, 1.807) is 0 Å². The summed E-state index contributed by atoms with van der Waals surface area (Å²) in [6.07, 6.45) is 8.67. The number of hydrogen-bond acceptors (Lipinski definition) is 4. The molecule has 0 saturated heterocycles. The lowest BCUT2D eigenvalue weighted by Crippen LogP contribution is -1.89. The van der Waals surface area contributed by atoms with Crippen molar-refractivity contribution in [2.75, 3.05) is 0 Å². The smallest absolute Gasteiger partial charge is 0.246 e. The van der Waals surface area contributed by atoms with E-state index in [1.807, 2.05) is 23.6 Å². The Morgan fingerprint density at radius 1 is 0.625 bits per heavy atom. The number of furan rings is 1. The monoisotopic (exact) mass is 632 g/mol. The van der Waals surface area contributed by atoms with Crippen LogP contribution >= 0.6 is 11.3 Å². The predicted molar refractivity (Wildman–Crippen MR) is 201 cm³/mol. The highest BCUT2D eigenvalue weighted by Crippen LogP contribution is 2.43. The fourth-order valence-electron chi connectivity index (χ4n) is 7.30. The molecule has 1 aliphatic rings. The van der Waals surface area contributed by atoms with Crippen LogP contribution < -0.4 is 0 Å². The summed E-state index contributed by atoms with van der Waals surface area (Å²) < 4.78 is 7.84. The van der Waals surface area contributed by atoms with Crippen LogP contribution in [0.4, 0.5) is 0 Å². The SMILES string of the molecule is C1=Cc2sc3c(-c4cccc(-c5cccc(-c6cnc7oc8c(-c9ccccc9)cc9ccccc9c8c7n6)c5)c4)cccc3c2CC1. The van der Waals surface area contributed by atoms with Gasteiger partial charge in [0.1, 0.15) is 11.1 Å². The number of fused-ring (bicyclic) bond motifs is 8. The number of aromatic nitrogens is 2. The Balaban J connectivity index is 1.09. The van der Waals surface area contributed by atoms with Crippen molar-refractivity contribution in [1.29, 1.82) is 0 Å². The number of nitrogens with zero attached hydrogens (tertiary/aromatic N) is 2. The Morgan fingerprint density at radius 2 is 1.35 bits per heavy atom. The van der Waals surface area contributed by atoms with Crippen LogP contribution in [0.15, 0.2) is 144 Å². The Labute approximate surface area is 281 Å². The lowest BCUT2D eigenvalue weighted by atomic mass is 9.95. The van der Waals surface area contributed by atoms with Crippen molar-refractivity contribution in [2.45, 2.75) is 12.8 Å². The third kappa shape index (κ3) is 4.34. The zero-order valence-electron chi connectivity index (χ0n) is 26.0.